The Morgan fingerprint density at radius 2 is 1.80 bits per heavy atom. The van der Waals surface area contributed by atoms with E-state index in [9.17, 15) is 0 Å². The van der Waals surface area contributed by atoms with Crippen molar-refractivity contribution in [3.8, 4) is 0 Å². The van der Waals surface area contributed by atoms with Crippen LogP contribution in [0.1, 0.15) is 14.3 Å². The largest absolute Gasteiger partial charge is 1.00 e. The summed E-state index contributed by atoms with van der Waals surface area (Å²) in [6.07, 6.45) is 2.17. The van der Waals surface area contributed by atoms with Crippen molar-refractivity contribution in [2.75, 3.05) is 0 Å². The van der Waals surface area contributed by atoms with Crippen LogP contribution in [0.3, 0.4) is 0 Å². The molecule has 26 valence electrons. The molecule has 0 bridgehead atoms. The van der Waals surface area contributed by atoms with E-state index >= 15 is 0 Å². The van der Waals surface area contributed by atoms with Gasteiger partial charge >= 0.3 is 29.6 Å². The Kier molecular flexibility index (Phi) is 2.61. The summed E-state index contributed by atoms with van der Waals surface area (Å²) >= 11 is 0. The maximum absolute atomic E-state index is 8.17. The summed E-state index contributed by atoms with van der Waals surface area (Å²) in [5.41, 5.74) is 0. The minimum Gasteiger partial charge on any atom is -1.00 e. The van der Waals surface area contributed by atoms with Crippen molar-refractivity contribution in [1.82, 2.24) is 0 Å². The Bertz CT molecular complexity index is 30.0. The third kappa shape index (κ3) is 2.77. The van der Waals surface area contributed by atoms with Crippen LogP contribution in [0.4, 0.5) is 0 Å². The van der Waals surface area contributed by atoms with E-state index in [1.54, 1.807) is 0 Å². The maximum atomic E-state index is 8.17. The van der Waals surface area contributed by atoms with Gasteiger partial charge in [-0.2, -0.15) is 0 Å². The topological polar surface area (TPSA) is 20.2 Å². The molecule has 1 nitrogen and oxygen atoms in total. The van der Waals surface area contributed by atoms with Crippen molar-refractivity contribution in [2.24, 2.45) is 0 Å². The van der Waals surface area contributed by atoms with E-state index in [4.69, 9.17) is 5.11 Å². The van der Waals surface area contributed by atoms with Crippen molar-refractivity contribution in [1.29, 1.82) is 0 Å². The van der Waals surface area contributed by atoms with E-state index < -0.39 is 0 Å². The Morgan fingerprint density at radius 1 is 1.60 bits per heavy atom. The van der Waals surface area contributed by atoms with Crippen molar-refractivity contribution in [2.45, 2.75) is 18.9 Å². The first-order chi connectivity index (χ1) is 1.89. The predicted molar refractivity (Wildman–Crippen MR) is 16.4 cm³/mol. The number of aliphatic hydroxyl groups excluding tert-OH is 1. The van der Waals surface area contributed by atoms with Crippen LogP contribution >= 0.6 is 0 Å². The molecule has 0 unspecified atom stereocenters. The average molecular weight is 82.1 g/mol. The Hall–Kier alpha value is 0.960. The van der Waals surface area contributed by atoms with Gasteiger partial charge < -0.3 is 6.53 Å². The van der Waals surface area contributed by atoms with Crippen LogP contribution in [-0.4, -0.2) is 11.2 Å². The molecule has 5 heavy (non-hydrogen) atoms. The summed E-state index contributed by atoms with van der Waals surface area (Å²) in [4.78, 5) is 0. The minimum absolute atomic E-state index is 0. The van der Waals surface area contributed by atoms with Crippen molar-refractivity contribution < 1.29 is 36.1 Å². The molecule has 0 spiro atoms. The molecule has 0 radical (unpaired) electrons. The Morgan fingerprint density at radius 3 is 1.80 bits per heavy atom. The zero-order valence-corrected chi connectivity index (χ0v) is 5.44. The van der Waals surface area contributed by atoms with E-state index in [0.717, 1.165) is 12.8 Å². The number of aliphatic hydroxyl groups is 1. The SMILES string of the molecule is OC1CC1.[H-].[Na+]. The zero-order valence-electron chi connectivity index (χ0n) is 4.44. The van der Waals surface area contributed by atoms with Gasteiger partial charge in [0.15, 0.2) is 0 Å². The van der Waals surface area contributed by atoms with Gasteiger partial charge in [0.05, 0.1) is 6.10 Å². The molecule has 2 heteroatoms. The normalized spacial score (nSPS) is 21.0. The van der Waals surface area contributed by atoms with Gasteiger partial charge in [0.1, 0.15) is 0 Å². The first-order valence-corrected chi connectivity index (χ1v) is 1.57. The van der Waals surface area contributed by atoms with E-state index in [0.29, 0.717) is 0 Å². The fourth-order valence-electron chi connectivity index (χ4n) is 0.0745. The van der Waals surface area contributed by atoms with Gasteiger partial charge in [0.25, 0.3) is 0 Å². The van der Waals surface area contributed by atoms with Crippen molar-refractivity contribution in [3.63, 3.8) is 0 Å². The second kappa shape index (κ2) is 2.19. The molecule has 0 atom stereocenters. The van der Waals surface area contributed by atoms with Gasteiger partial charge in [-0.05, 0) is 12.8 Å². The van der Waals surface area contributed by atoms with E-state index in [-0.39, 0.29) is 37.1 Å². The first kappa shape index (κ1) is 5.96. The molecule has 0 aromatic rings. The fraction of sp³-hybridized carbons (Fsp3) is 1.00. The molecule has 0 saturated heterocycles. The average Bonchev–Trinajstić information content (AvgIpc) is 1.75. The Balaban J connectivity index is 0. The van der Waals surface area contributed by atoms with Gasteiger partial charge in [-0.3, -0.25) is 0 Å². The number of rotatable bonds is 0. The molecule has 1 saturated carbocycles. The molecule has 1 rings (SSSR count). The summed E-state index contributed by atoms with van der Waals surface area (Å²) in [6.45, 7) is 0. The predicted octanol–water partition coefficient (Wildman–Crippen LogP) is -2.74. The van der Waals surface area contributed by atoms with Crippen LogP contribution in [0, 0.1) is 0 Å². The molecule has 0 amide bonds. The molecule has 1 aliphatic rings. The van der Waals surface area contributed by atoms with Crippen molar-refractivity contribution in [3.05, 3.63) is 0 Å². The minimum atomic E-state index is 0. The summed E-state index contributed by atoms with van der Waals surface area (Å²) in [5, 5.41) is 8.17. The van der Waals surface area contributed by atoms with E-state index in [1.165, 1.54) is 0 Å². The third-order valence-electron chi connectivity index (χ3n) is 0.547. The molecule has 1 aliphatic carbocycles. The molecule has 0 aromatic carbocycles. The van der Waals surface area contributed by atoms with Gasteiger partial charge in [-0.1, -0.05) is 0 Å². The van der Waals surface area contributed by atoms with Crippen LogP contribution in [0.5, 0.6) is 0 Å². The standard InChI is InChI=1S/C3H6O.Na.H/c4-3-1-2-3;;/h3-4H,1-2H2;;/q;+1;-1. The van der Waals surface area contributed by atoms with Crippen LogP contribution in [0.25, 0.3) is 0 Å². The van der Waals surface area contributed by atoms with E-state index in [2.05, 4.69) is 0 Å². The van der Waals surface area contributed by atoms with Crippen LogP contribution in [0.15, 0.2) is 0 Å². The van der Waals surface area contributed by atoms with Gasteiger partial charge in [0, 0.05) is 0 Å². The van der Waals surface area contributed by atoms with Crippen LogP contribution in [0.2, 0.25) is 0 Å². The van der Waals surface area contributed by atoms with Crippen molar-refractivity contribution >= 4 is 0 Å². The quantitative estimate of drug-likeness (QED) is 0.314. The molecule has 0 heterocycles. The summed E-state index contributed by atoms with van der Waals surface area (Å²) < 4.78 is 0. The summed E-state index contributed by atoms with van der Waals surface area (Å²) in [6, 6.07) is 0. The van der Waals surface area contributed by atoms with Crippen LogP contribution in [-0.2, 0) is 0 Å². The molecule has 0 aromatic heterocycles. The first-order valence-electron chi connectivity index (χ1n) is 1.57. The maximum Gasteiger partial charge on any atom is 1.00 e. The van der Waals surface area contributed by atoms with Crippen LogP contribution < -0.4 is 29.6 Å². The molecule has 1 fully saturated rings. The van der Waals surface area contributed by atoms with E-state index in [1.807, 2.05) is 0 Å². The number of hydrogen-bond acceptors (Lipinski definition) is 1. The smallest absolute Gasteiger partial charge is 1.00 e. The second-order valence-electron chi connectivity index (χ2n) is 1.23. The summed E-state index contributed by atoms with van der Waals surface area (Å²) in [7, 11) is 0. The molecule has 0 aliphatic heterocycles. The van der Waals surface area contributed by atoms with Gasteiger partial charge in [0.2, 0.25) is 0 Å². The monoisotopic (exact) mass is 82.0 g/mol. The molecular formula is C3H7NaO. The second-order valence-corrected chi connectivity index (χ2v) is 1.23. The zero-order chi connectivity index (χ0) is 2.99. The molecule has 1 N–H and O–H groups in total. The third-order valence-corrected chi connectivity index (χ3v) is 0.547. The molecular weight excluding hydrogens is 75.0 g/mol. The van der Waals surface area contributed by atoms with Gasteiger partial charge in [-0.15, -0.1) is 0 Å². The van der Waals surface area contributed by atoms with Gasteiger partial charge in [-0.25, -0.2) is 0 Å². The Labute approximate surface area is 55.2 Å². The summed E-state index contributed by atoms with van der Waals surface area (Å²) in [5.74, 6) is 0. The number of hydrogen-bond donors (Lipinski definition) is 1. The fourth-order valence-corrected chi connectivity index (χ4v) is 0.0745.